The van der Waals surface area contributed by atoms with Gasteiger partial charge in [-0.3, -0.25) is 0 Å². The van der Waals surface area contributed by atoms with Crippen molar-refractivity contribution in [1.82, 2.24) is 0 Å². The number of rotatable bonds is 4. The van der Waals surface area contributed by atoms with Crippen LogP contribution in [0.2, 0.25) is 0 Å². The average molecular weight is 280 g/mol. The molecule has 0 atom stereocenters. The predicted octanol–water partition coefficient (Wildman–Crippen LogP) is -2.37. The van der Waals surface area contributed by atoms with Crippen LogP contribution in [0.5, 0.6) is 0 Å². The summed E-state index contributed by atoms with van der Waals surface area (Å²) in [5, 5.41) is 0. The largest absolute Gasteiger partial charge is 0.463 e. The molecule has 0 radical (unpaired) electrons. The van der Waals surface area contributed by atoms with E-state index >= 15 is 0 Å². The van der Waals surface area contributed by atoms with Gasteiger partial charge in [0.25, 0.3) is 0 Å². The molecule has 0 spiro atoms. The quantitative estimate of drug-likeness (QED) is 0.565. The van der Waals surface area contributed by atoms with Crippen molar-refractivity contribution in [2.24, 2.45) is 0 Å². The van der Waals surface area contributed by atoms with Crippen LogP contribution in [0.4, 0.5) is 0 Å². The Hall–Kier alpha value is -0.840. The summed E-state index contributed by atoms with van der Waals surface area (Å²) in [5.74, 6) is 1.14. The third kappa shape index (κ3) is 3.43. The number of piperidine rings is 1. The molecule has 0 aliphatic carbocycles. The summed E-state index contributed by atoms with van der Waals surface area (Å²) in [4.78, 5) is 5.39. The van der Waals surface area contributed by atoms with Gasteiger partial charge in [0, 0.05) is 12.8 Å². The molecular weight excluding hydrogens is 250 g/mol. The zero-order chi connectivity index (χ0) is 13.8. The van der Waals surface area contributed by atoms with Crippen LogP contribution in [-0.4, -0.2) is 51.9 Å². The SMILES string of the molecule is CC[NH+]1CC[NH+](C2CC[NH+](Cc3ccco3)CC2)CC1. The van der Waals surface area contributed by atoms with E-state index in [-0.39, 0.29) is 0 Å². The second-order valence-corrected chi connectivity index (χ2v) is 6.54. The zero-order valence-corrected chi connectivity index (χ0v) is 12.8. The molecule has 0 aromatic carbocycles. The van der Waals surface area contributed by atoms with Crippen LogP contribution in [0.3, 0.4) is 0 Å². The van der Waals surface area contributed by atoms with E-state index in [4.69, 9.17) is 4.42 Å². The minimum absolute atomic E-state index is 0.925. The summed E-state index contributed by atoms with van der Waals surface area (Å²) >= 11 is 0. The number of furan rings is 1. The normalized spacial score (nSPS) is 35.0. The molecule has 20 heavy (non-hydrogen) atoms. The highest BCUT2D eigenvalue weighted by atomic mass is 16.3. The molecule has 3 rings (SSSR count). The summed E-state index contributed by atoms with van der Waals surface area (Å²) in [6, 6.07) is 5.03. The highest BCUT2D eigenvalue weighted by Crippen LogP contribution is 2.00. The molecule has 2 saturated heterocycles. The number of likely N-dealkylation sites (tertiary alicyclic amines) is 1. The van der Waals surface area contributed by atoms with Crippen molar-refractivity contribution >= 4 is 0 Å². The number of quaternary nitrogens is 3. The Morgan fingerprint density at radius 3 is 2.40 bits per heavy atom. The van der Waals surface area contributed by atoms with E-state index in [2.05, 4.69) is 13.0 Å². The summed E-state index contributed by atoms with van der Waals surface area (Å²) in [5.41, 5.74) is 0. The Morgan fingerprint density at radius 1 is 1.05 bits per heavy atom. The fourth-order valence-corrected chi connectivity index (χ4v) is 3.96. The van der Waals surface area contributed by atoms with E-state index in [0.29, 0.717) is 0 Å². The fraction of sp³-hybridized carbons (Fsp3) is 0.750. The standard InChI is InChI=1S/C16H27N3O/c1-2-17-9-11-19(12-10-17)15-5-7-18(8-6-15)14-16-4-3-13-20-16/h3-4,13,15H,2,5-12,14H2,1H3/p+3. The Balaban J connectivity index is 1.42. The van der Waals surface area contributed by atoms with E-state index in [1.165, 1.54) is 58.7 Å². The van der Waals surface area contributed by atoms with E-state index in [9.17, 15) is 0 Å². The lowest BCUT2D eigenvalue weighted by atomic mass is 10.0. The molecule has 0 saturated carbocycles. The van der Waals surface area contributed by atoms with Gasteiger partial charge in [0.05, 0.1) is 31.9 Å². The highest BCUT2D eigenvalue weighted by Gasteiger charge is 2.33. The summed E-state index contributed by atoms with van der Waals surface area (Å²) < 4.78 is 5.47. The van der Waals surface area contributed by atoms with Gasteiger partial charge in [0.2, 0.25) is 0 Å². The van der Waals surface area contributed by atoms with Crippen molar-refractivity contribution in [3.8, 4) is 0 Å². The van der Waals surface area contributed by atoms with Crippen molar-refractivity contribution in [1.29, 1.82) is 0 Å². The lowest BCUT2D eigenvalue weighted by molar-refractivity contribution is -1.03. The summed E-state index contributed by atoms with van der Waals surface area (Å²) in [7, 11) is 0. The number of piperazine rings is 1. The van der Waals surface area contributed by atoms with E-state index < -0.39 is 0 Å². The van der Waals surface area contributed by atoms with Gasteiger partial charge in [-0.1, -0.05) is 0 Å². The second kappa shape index (κ2) is 6.74. The molecule has 112 valence electrons. The topological polar surface area (TPSA) is 26.5 Å². The average Bonchev–Trinajstić information content (AvgIpc) is 3.01. The first-order valence-electron chi connectivity index (χ1n) is 8.39. The lowest BCUT2D eigenvalue weighted by Crippen LogP contribution is -3.30. The van der Waals surface area contributed by atoms with Gasteiger partial charge in [-0.05, 0) is 19.1 Å². The van der Waals surface area contributed by atoms with E-state index in [1.54, 1.807) is 16.1 Å². The number of hydrogen-bond acceptors (Lipinski definition) is 1. The zero-order valence-electron chi connectivity index (χ0n) is 12.8. The molecular formula is C16H30N3O+3. The minimum Gasteiger partial charge on any atom is -0.463 e. The molecule has 2 aliphatic heterocycles. The highest BCUT2D eigenvalue weighted by molar-refractivity contribution is 4.95. The first kappa shape index (κ1) is 14.1. The van der Waals surface area contributed by atoms with Gasteiger partial charge < -0.3 is 19.1 Å². The van der Waals surface area contributed by atoms with Crippen molar-refractivity contribution in [3.63, 3.8) is 0 Å². The Labute approximate surface area is 122 Å². The summed E-state index contributed by atoms with van der Waals surface area (Å²) in [6.07, 6.45) is 4.58. The fourth-order valence-electron chi connectivity index (χ4n) is 3.96. The first-order valence-corrected chi connectivity index (χ1v) is 8.39. The van der Waals surface area contributed by atoms with Crippen molar-refractivity contribution < 1.29 is 19.1 Å². The molecule has 1 aromatic heterocycles. The molecule has 3 heterocycles. The van der Waals surface area contributed by atoms with Gasteiger partial charge >= 0.3 is 0 Å². The monoisotopic (exact) mass is 280 g/mol. The van der Waals surface area contributed by atoms with Gasteiger partial charge in [0.15, 0.2) is 5.76 Å². The molecule has 3 N–H and O–H groups in total. The number of nitrogens with one attached hydrogen (secondary N) is 3. The third-order valence-electron chi connectivity index (χ3n) is 5.37. The molecule has 0 unspecified atom stereocenters. The molecule has 4 nitrogen and oxygen atoms in total. The first-order chi connectivity index (χ1) is 9.85. The van der Waals surface area contributed by atoms with Crippen LogP contribution in [0.1, 0.15) is 25.5 Å². The molecule has 4 heteroatoms. The van der Waals surface area contributed by atoms with Crippen LogP contribution < -0.4 is 14.7 Å². The number of likely N-dealkylation sites (N-methyl/N-ethyl adjacent to an activating group) is 1. The van der Waals surface area contributed by atoms with Crippen LogP contribution in [0.15, 0.2) is 22.8 Å². The maximum absolute atomic E-state index is 5.47. The van der Waals surface area contributed by atoms with Crippen molar-refractivity contribution in [2.45, 2.75) is 32.4 Å². The lowest BCUT2D eigenvalue weighted by Gasteiger charge is -2.37. The molecule has 1 aromatic rings. The van der Waals surface area contributed by atoms with Crippen LogP contribution >= 0.6 is 0 Å². The minimum atomic E-state index is 0.925. The van der Waals surface area contributed by atoms with Crippen LogP contribution in [0, 0.1) is 0 Å². The number of hydrogen-bond donors (Lipinski definition) is 3. The predicted molar refractivity (Wildman–Crippen MR) is 78.1 cm³/mol. The second-order valence-electron chi connectivity index (χ2n) is 6.54. The molecule has 2 fully saturated rings. The summed E-state index contributed by atoms with van der Waals surface area (Å²) in [6.45, 7) is 12.9. The molecule has 0 bridgehead atoms. The molecule has 0 amide bonds. The van der Waals surface area contributed by atoms with Gasteiger partial charge in [-0.15, -0.1) is 0 Å². The van der Waals surface area contributed by atoms with Gasteiger partial charge in [-0.25, -0.2) is 0 Å². The van der Waals surface area contributed by atoms with Gasteiger partial charge in [0.1, 0.15) is 32.7 Å². The Kier molecular flexibility index (Phi) is 4.76. The van der Waals surface area contributed by atoms with Gasteiger partial charge in [-0.2, -0.15) is 0 Å². The Bertz CT molecular complexity index is 376. The Morgan fingerprint density at radius 2 is 1.80 bits per heavy atom. The van der Waals surface area contributed by atoms with E-state index in [1.807, 2.05) is 11.0 Å². The third-order valence-corrected chi connectivity index (χ3v) is 5.37. The van der Waals surface area contributed by atoms with Crippen LogP contribution in [-0.2, 0) is 6.54 Å². The molecule has 2 aliphatic rings. The van der Waals surface area contributed by atoms with Crippen molar-refractivity contribution in [3.05, 3.63) is 24.2 Å². The van der Waals surface area contributed by atoms with Crippen LogP contribution in [0.25, 0.3) is 0 Å². The van der Waals surface area contributed by atoms with Crippen molar-refractivity contribution in [2.75, 3.05) is 45.8 Å². The smallest absolute Gasteiger partial charge is 0.157 e. The maximum Gasteiger partial charge on any atom is 0.157 e. The van der Waals surface area contributed by atoms with E-state index in [0.717, 1.165) is 18.3 Å². The maximum atomic E-state index is 5.47.